The van der Waals surface area contributed by atoms with Gasteiger partial charge in [0, 0.05) is 39.6 Å². The fourth-order valence-corrected chi connectivity index (χ4v) is 2.39. The van der Waals surface area contributed by atoms with Gasteiger partial charge in [-0.25, -0.2) is 4.79 Å². The number of hydrogen-bond donors (Lipinski definition) is 1. The van der Waals surface area contributed by atoms with Crippen LogP contribution in [0.15, 0.2) is 18.2 Å². The maximum atomic E-state index is 12.1. The molecule has 5 nitrogen and oxygen atoms in total. The van der Waals surface area contributed by atoms with Crippen molar-refractivity contribution in [3.8, 4) is 0 Å². The van der Waals surface area contributed by atoms with Crippen LogP contribution in [0, 0.1) is 0 Å². The van der Waals surface area contributed by atoms with E-state index in [-0.39, 0.29) is 11.9 Å². The monoisotopic (exact) mass is 329 g/mol. The third kappa shape index (κ3) is 4.25. The van der Waals surface area contributed by atoms with Gasteiger partial charge < -0.3 is 15.1 Å². The molecule has 1 saturated heterocycles. The minimum atomic E-state index is -0.177. The summed E-state index contributed by atoms with van der Waals surface area (Å²) in [4.78, 5) is 27.0. The number of rotatable bonds is 2. The molecule has 0 radical (unpaired) electrons. The molecule has 0 aromatic heterocycles. The van der Waals surface area contributed by atoms with Crippen molar-refractivity contribution in [2.75, 3.05) is 26.7 Å². The Hall–Kier alpha value is -1.46. The lowest BCUT2D eigenvalue weighted by atomic mass is 10.2. The highest BCUT2D eigenvalue weighted by molar-refractivity contribution is 6.42. The molecule has 21 heavy (non-hydrogen) atoms. The molecule has 1 aromatic carbocycles. The van der Waals surface area contributed by atoms with E-state index < -0.39 is 0 Å². The molecule has 114 valence electrons. The number of benzene rings is 1. The van der Waals surface area contributed by atoms with Crippen LogP contribution in [0.4, 0.5) is 4.79 Å². The van der Waals surface area contributed by atoms with Crippen molar-refractivity contribution in [1.82, 2.24) is 15.1 Å². The molecule has 1 N–H and O–H groups in total. The van der Waals surface area contributed by atoms with Crippen molar-refractivity contribution in [2.45, 2.75) is 13.0 Å². The lowest BCUT2D eigenvalue weighted by Gasteiger charge is -2.20. The first-order valence-electron chi connectivity index (χ1n) is 6.68. The van der Waals surface area contributed by atoms with Crippen LogP contribution in [-0.4, -0.2) is 48.4 Å². The second-order valence-corrected chi connectivity index (χ2v) is 5.77. The molecule has 1 aliphatic rings. The largest absolute Gasteiger partial charge is 0.344 e. The van der Waals surface area contributed by atoms with E-state index in [2.05, 4.69) is 5.32 Å². The van der Waals surface area contributed by atoms with Gasteiger partial charge in [0.2, 0.25) is 5.91 Å². The summed E-state index contributed by atoms with van der Waals surface area (Å²) in [5.74, 6) is 0.0646. The molecular formula is C14H17Cl2N3O2. The van der Waals surface area contributed by atoms with Crippen LogP contribution in [0.2, 0.25) is 10.0 Å². The average Bonchev–Trinajstić information content (AvgIpc) is 2.63. The number of nitrogens with zero attached hydrogens (tertiary/aromatic N) is 2. The van der Waals surface area contributed by atoms with Crippen molar-refractivity contribution in [3.05, 3.63) is 33.8 Å². The van der Waals surface area contributed by atoms with Gasteiger partial charge in [0.15, 0.2) is 0 Å². The maximum absolute atomic E-state index is 12.1. The summed E-state index contributed by atoms with van der Waals surface area (Å²) in [6.07, 6.45) is 0.358. The number of hydrogen-bond acceptors (Lipinski definition) is 2. The fraction of sp³-hybridized carbons (Fsp3) is 0.429. The molecule has 7 heteroatoms. The molecule has 0 bridgehead atoms. The van der Waals surface area contributed by atoms with E-state index in [0.717, 1.165) is 5.56 Å². The molecule has 0 saturated carbocycles. The van der Waals surface area contributed by atoms with Crippen LogP contribution in [0.5, 0.6) is 0 Å². The Morgan fingerprint density at radius 1 is 1.24 bits per heavy atom. The summed E-state index contributed by atoms with van der Waals surface area (Å²) >= 11 is 11.8. The van der Waals surface area contributed by atoms with Gasteiger partial charge in [0.25, 0.3) is 0 Å². The van der Waals surface area contributed by atoms with Gasteiger partial charge in [-0.1, -0.05) is 29.3 Å². The highest BCUT2D eigenvalue weighted by atomic mass is 35.5. The lowest BCUT2D eigenvalue weighted by molar-refractivity contribution is -0.129. The molecule has 1 heterocycles. The van der Waals surface area contributed by atoms with E-state index in [9.17, 15) is 9.59 Å². The fourth-order valence-electron chi connectivity index (χ4n) is 2.07. The Bertz CT molecular complexity index is 551. The lowest BCUT2D eigenvalue weighted by Crippen LogP contribution is -2.41. The van der Waals surface area contributed by atoms with Crippen LogP contribution in [0.25, 0.3) is 0 Å². The molecule has 0 aliphatic carbocycles. The van der Waals surface area contributed by atoms with Crippen LogP contribution in [0.1, 0.15) is 12.0 Å². The second-order valence-electron chi connectivity index (χ2n) is 4.96. The Labute approximate surface area is 133 Å². The quantitative estimate of drug-likeness (QED) is 0.905. The smallest absolute Gasteiger partial charge is 0.317 e. The first-order chi connectivity index (χ1) is 9.97. The molecule has 1 aliphatic heterocycles. The zero-order valence-corrected chi connectivity index (χ0v) is 13.2. The number of urea groups is 1. The Kier molecular flexibility index (Phi) is 5.31. The van der Waals surface area contributed by atoms with Crippen LogP contribution >= 0.6 is 23.2 Å². The van der Waals surface area contributed by atoms with Crippen molar-refractivity contribution in [3.63, 3.8) is 0 Å². The summed E-state index contributed by atoms with van der Waals surface area (Å²) in [7, 11) is 1.75. The summed E-state index contributed by atoms with van der Waals surface area (Å²) in [5.41, 5.74) is 0.876. The highest BCUT2D eigenvalue weighted by Crippen LogP contribution is 2.22. The Morgan fingerprint density at radius 3 is 2.71 bits per heavy atom. The van der Waals surface area contributed by atoms with Gasteiger partial charge in [-0.15, -0.1) is 0 Å². The molecule has 0 atom stereocenters. The summed E-state index contributed by atoms with van der Waals surface area (Å²) < 4.78 is 0. The van der Waals surface area contributed by atoms with Crippen LogP contribution in [-0.2, 0) is 11.3 Å². The van der Waals surface area contributed by atoms with Gasteiger partial charge in [-0.05, 0) is 17.7 Å². The minimum absolute atomic E-state index is 0.0646. The first kappa shape index (κ1) is 15.9. The normalized spacial score (nSPS) is 15.9. The highest BCUT2D eigenvalue weighted by Gasteiger charge is 2.21. The van der Waals surface area contributed by atoms with E-state index in [1.54, 1.807) is 29.0 Å². The van der Waals surface area contributed by atoms with E-state index >= 15 is 0 Å². The predicted molar refractivity (Wildman–Crippen MR) is 82.5 cm³/mol. The Morgan fingerprint density at radius 2 is 2.00 bits per heavy atom. The zero-order chi connectivity index (χ0) is 15.4. The third-order valence-electron chi connectivity index (χ3n) is 3.44. The standard InChI is InChI=1S/C14H17Cl2N3O2/c1-18-6-7-19(5-4-13(18)20)14(21)17-9-10-2-3-11(15)12(16)8-10/h2-3,8H,4-7,9H2,1H3,(H,17,21). The third-order valence-corrected chi connectivity index (χ3v) is 4.18. The number of carbonyl (C=O) groups excluding carboxylic acids is 2. The van der Waals surface area contributed by atoms with Crippen molar-refractivity contribution < 1.29 is 9.59 Å². The van der Waals surface area contributed by atoms with Crippen molar-refractivity contribution >= 4 is 35.1 Å². The number of amides is 3. The SMILES string of the molecule is CN1CCN(C(=O)NCc2ccc(Cl)c(Cl)c2)CCC1=O. The predicted octanol–water partition coefficient (Wildman–Crippen LogP) is 2.37. The van der Waals surface area contributed by atoms with Crippen molar-refractivity contribution in [1.29, 1.82) is 0 Å². The average molecular weight is 330 g/mol. The van der Waals surface area contributed by atoms with E-state index in [1.165, 1.54) is 0 Å². The second kappa shape index (κ2) is 7.00. The molecular weight excluding hydrogens is 313 g/mol. The number of likely N-dealkylation sites (N-methyl/N-ethyl adjacent to an activating group) is 1. The minimum Gasteiger partial charge on any atom is -0.344 e. The molecule has 0 spiro atoms. The molecule has 1 fully saturated rings. The van der Waals surface area contributed by atoms with Crippen LogP contribution in [0.3, 0.4) is 0 Å². The molecule has 2 rings (SSSR count). The first-order valence-corrected chi connectivity index (χ1v) is 7.43. The molecule has 3 amide bonds. The summed E-state index contributed by atoms with van der Waals surface area (Å²) in [5, 5.41) is 3.78. The summed E-state index contributed by atoms with van der Waals surface area (Å²) in [6.45, 7) is 1.90. The zero-order valence-electron chi connectivity index (χ0n) is 11.7. The van der Waals surface area contributed by atoms with Gasteiger partial charge in [0.1, 0.15) is 0 Å². The van der Waals surface area contributed by atoms with Gasteiger partial charge >= 0.3 is 6.03 Å². The number of carbonyl (C=O) groups is 2. The van der Waals surface area contributed by atoms with Crippen LogP contribution < -0.4 is 5.32 Å². The van der Waals surface area contributed by atoms with Gasteiger partial charge in [0.05, 0.1) is 10.0 Å². The van der Waals surface area contributed by atoms with E-state index in [4.69, 9.17) is 23.2 Å². The number of halogens is 2. The molecule has 0 unspecified atom stereocenters. The Balaban J connectivity index is 1.89. The van der Waals surface area contributed by atoms with E-state index in [1.807, 2.05) is 6.07 Å². The number of nitrogens with one attached hydrogen (secondary N) is 1. The maximum Gasteiger partial charge on any atom is 0.317 e. The van der Waals surface area contributed by atoms with E-state index in [0.29, 0.717) is 42.6 Å². The van der Waals surface area contributed by atoms with Gasteiger partial charge in [-0.2, -0.15) is 0 Å². The topological polar surface area (TPSA) is 52.6 Å². The van der Waals surface area contributed by atoms with Crippen molar-refractivity contribution in [2.24, 2.45) is 0 Å². The summed E-state index contributed by atoms with van der Waals surface area (Å²) in [6, 6.07) is 5.06. The van der Waals surface area contributed by atoms with Gasteiger partial charge in [-0.3, -0.25) is 4.79 Å². The molecule has 1 aromatic rings.